The molecule has 0 aromatic rings. The Hall–Kier alpha value is -1.42. The molecular formula is C12H18O4. The highest BCUT2D eigenvalue weighted by atomic mass is 16.5. The summed E-state index contributed by atoms with van der Waals surface area (Å²) < 4.78 is 4.67. The number of ketones is 1. The van der Waals surface area contributed by atoms with Crippen LogP contribution in [0.25, 0.3) is 0 Å². The van der Waals surface area contributed by atoms with Crippen molar-refractivity contribution in [1.29, 1.82) is 0 Å². The number of hydrogen-bond donors (Lipinski definition) is 1. The summed E-state index contributed by atoms with van der Waals surface area (Å²) in [5.41, 5.74) is -0.534. The minimum atomic E-state index is -1.01. The van der Waals surface area contributed by atoms with Gasteiger partial charge < -0.3 is 9.84 Å². The summed E-state index contributed by atoms with van der Waals surface area (Å²) in [6.07, 6.45) is 4.25. The molecule has 0 heterocycles. The Balaban J connectivity index is 4.28. The fourth-order valence-corrected chi connectivity index (χ4v) is 0.796. The number of carbonyl (C=O) groups is 2. The van der Waals surface area contributed by atoms with E-state index in [4.69, 9.17) is 0 Å². The molecule has 0 aromatic heterocycles. The molecule has 16 heavy (non-hydrogen) atoms. The number of ether oxygens (including phenoxy) is 1. The van der Waals surface area contributed by atoms with Crippen LogP contribution in [0.15, 0.2) is 23.8 Å². The number of rotatable bonds is 5. The van der Waals surface area contributed by atoms with Gasteiger partial charge in [0.1, 0.15) is 6.61 Å². The first-order valence-corrected chi connectivity index (χ1v) is 4.98. The third-order valence-electron chi connectivity index (χ3n) is 1.71. The number of hydrogen-bond acceptors (Lipinski definition) is 4. The smallest absolute Gasteiger partial charge is 0.302 e. The van der Waals surface area contributed by atoms with Crippen LogP contribution in [-0.2, 0) is 14.3 Å². The lowest BCUT2D eigenvalue weighted by Gasteiger charge is -2.09. The maximum atomic E-state index is 11.5. The van der Waals surface area contributed by atoms with Crippen LogP contribution < -0.4 is 0 Å². The minimum Gasteiger partial charge on any atom is -0.462 e. The van der Waals surface area contributed by atoms with E-state index >= 15 is 0 Å². The number of allylic oxidation sites excluding steroid dienone is 2. The first-order chi connectivity index (χ1) is 7.22. The van der Waals surface area contributed by atoms with Gasteiger partial charge in [0.25, 0.3) is 0 Å². The molecule has 0 bridgehead atoms. The van der Waals surface area contributed by atoms with Crippen molar-refractivity contribution in [2.24, 2.45) is 0 Å². The van der Waals surface area contributed by atoms with Gasteiger partial charge in [-0.15, -0.1) is 0 Å². The van der Waals surface area contributed by atoms with E-state index in [1.165, 1.54) is 25.2 Å². The number of carbonyl (C=O) groups excluding carboxylic acids is 2. The summed E-state index contributed by atoms with van der Waals surface area (Å²) in [4.78, 5) is 21.9. The molecule has 0 aliphatic carbocycles. The molecule has 0 fully saturated rings. The van der Waals surface area contributed by atoms with Crippen LogP contribution in [0.2, 0.25) is 0 Å². The fraction of sp³-hybridized carbons (Fsp3) is 0.500. The van der Waals surface area contributed by atoms with Gasteiger partial charge in [0.2, 0.25) is 0 Å². The van der Waals surface area contributed by atoms with Crippen LogP contribution in [-0.4, -0.2) is 29.1 Å². The molecule has 0 aliphatic rings. The van der Waals surface area contributed by atoms with E-state index in [0.717, 1.165) is 0 Å². The molecule has 0 atom stereocenters. The summed E-state index contributed by atoms with van der Waals surface area (Å²) in [7, 11) is 0. The topological polar surface area (TPSA) is 63.6 Å². The molecule has 0 radical (unpaired) electrons. The van der Waals surface area contributed by atoms with E-state index in [0.29, 0.717) is 5.57 Å². The van der Waals surface area contributed by atoms with Crippen LogP contribution in [0, 0.1) is 0 Å². The molecule has 0 amide bonds. The molecule has 0 aromatic carbocycles. The van der Waals surface area contributed by atoms with E-state index in [-0.39, 0.29) is 18.4 Å². The maximum Gasteiger partial charge on any atom is 0.302 e. The zero-order chi connectivity index (χ0) is 12.8. The third kappa shape index (κ3) is 7.94. The van der Waals surface area contributed by atoms with Crippen molar-refractivity contribution in [3.8, 4) is 0 Å². The van der Waals surface area contributed by atoms with Crippen molar-refractivity contribution in [3.05, 3.63) is 23.8 Å². The lowest BCUT2D eigenvalue weighted by Crippen LogP contribution is -2.14. The van der Waals surface area contributed by atoms with Gasteiger partial charge in [-0.25, -0.2) is 0 Å². The Morgan fingerprint density at radius 2 is 1.88 bits per heavy atom. The molecule has 0 spiro atoms. The van der Waals surface area contributed by atoms with Crippen molar-refractivity contribution in [2.45, 2.75) is 33.3 Å². The molecule has 4 nitrogen and oxygen atoms in total. The van der Waals surface area contributed by atoms with Crippen molar-refractivity contribution in [3.63, 3.8) is 0 Å². The van der Waals surface area contributed by atoms with Gasteiger partial charge in [-0.2, -0.15) is 0 Å². The van der Waals surface area contributed by atoms with Gasteiger partial charge in [-0.05, 0) is 44.6 Å². The fourth-order valence-electron chi connectivity index (χ4n) is 0.796. The van der Waals surface area contributed by atoms with Crippen LogP contribution in [0.4, 0.5) is 0 Å². The van der Waals surface area contributed by atoms with Gasteiger partial charge in [0.05, 0.1) is 5.60 Å². The Morgan fingerprint density at radius 3 is 2.31 bits per heavy atom. The van der Waals surface area contributed by atoms with Crippen LogP contribution >= 0.6 is 0 Å². The van der Waals surface area contributed by atoms with Crippen molar-refractivity contribution >= 4 is 11.8 Å². The summed E-state index contributed by atoms with van der Waals surface area (Å²) in [6, 6.07) is 0. The molecule has 1 N–H and O–H groups in total. The average molecular weight is 226 g/mol. The molecule has 0 rings (SSSR count). The van der Waals surface area contributed by atoms with E-state index < -0.39 is 5.60 Å². The molecule has 0 saturated carbocycles. The molecule has 90 valence electrons. The monoisotopic (exact) mass is 226 g/mol. The second-order valence-corrected chi connectivity index (χ2v) is 4.04. The first-order valence-electron chi connectivity index (χ1n) is 4.98. The summed E-state index contributed by atoms with van der Waals surface area (Å²) in [6.45, 7) is 6.17. The molecular weight excluding hydrogens is 208 g/mol. The molecule has 4 heteroatoms. The second-order valence-electron chi connectivity index (χ2n) is 4.04. The average Bonchev–Trinajstić information content (AvgIpc) is 2.12. The Bertz CT molecular complexity index is 318. The SMILES string of the molecule is CC(=O)OCC=C(C)C(=O)C=CC(C)(C)O. The zero-order valence-electron chi connectivity index (χ0n) is 10.1. The van der Waals surface area contributed by atoms with E-state index in [1.807, 2.05) is 0 Å². The normalized spacial score (nSPS) is 12.9. The highest BCUT2D eigenvalue weighted by molar-refractivity contribution is 6.03. The van der Waals surface area contributed by atoms with Gasteiger partial charge >= 0.3 is 5.97 Å². The standard InChI is InChI=1S/C12H18O4/c1-9(6-8-16-10(2)13)11(14)5-7-12(3,4)15/h5-7,15H,8H2,1-4H3. The number of esters is 1. The van der Waals surface area contributed by atoms with Crippen LogP contribution in [0.3, 0.4) is 0 Å². The van der Waals surface area contributed by atoms with Crippen LogP contribution in [0.1, 0.15) is 27.7 Å². The van der Waals surface area contributed by atoms with E-state index in [1.54, 1.807) is 20.8 Å². The summed E-state index contributed by atoms with van der Waals surface area (Å²) >= 11 is 0. The largest absolute Gasteiger partial charge is 0.462 e. The molecule has 0 aliphatic heterocycles. The lowest BCUT2D eigenvalue weighted by atomic mass is 10.1. The minimum absolute atomic E-state index is 0.0866. The van der Waals surface area contributed by atoms with Crippen molar-refractivity contribution < 1.29 is 19.4 Å². The van der Waals surface area contributed by atoms with Crippen LogP contribution in [0.5, 0.6) is 0 Å². The molecule has 0 unspecified atom stereocenters. The predicted molar refractivity (Wildman–Crippen MR) is 60.8 cm³/mol. The summed E-state index contributed by atoms with van der Waals surface area (Å²) in [5.74, 6) is -0.599. The van der Waals surface area contributed by atoms with Gasteiger partial charge in [-0.3, -0.25) is 9.59 Å². The second kappa shape index (κ2) is 6.23. The Kier molecular flexibility index (Phi) is 5.67. The quantitative estimate of drug-likeness (QED) is 0.568. The maximum absolute atomic E-state index is 11.5. The Labute approximate surface area is 95.6 Å². The zero-order valence-corrected chi connectivity index (χ0v) is 10.1. The van der Waals surface area contributed by atoms with E-state index in [9.17, 15) is 14.7 Å². The Morgan fingerprint density at radius 1 is 1.31 bits per heavy atom. The van der Waals surface area contributed by atoms with Gasteiger partial charge in [0.15, 0.2) is 5.78 Å². The summed E-state index contributed by atoms with van der Waals surface area (Å²) in [5, 5.41) is 9.37. The van der Waals surface area contributed by atoms with Crippen molar-refractivity contribution in [1.82, 2.24) is 0 Å². The highest BCUT2D eigenvalue weighted by Crippen LogP contribution is 2.04. The number of aliphatic hydroxyl groups is 1. The van der Waals surface area contributed by atoms with Crippen molar-refractivity contribution in [2.75, 3.05) is 6.61 Å². The predicted octanol–water partition coefficient (Wildman–Crippen LogP) is 1.39. The highest BCUT2D eigenvalue weighted by Gasteiger charge is 2.08. The first kappa shape index (κ1) is 14.6. The van der Waals surface area contributed by atoms with Gasteiger partial charge in [0, 0.05) is 6.92 Å². The van der Waals surface area contributed by atoms with E-state index in [2.05, 4.69) is 4.74 Å². The van der Waals surface area contributed by atoms with Gasteiger partial charge in [-0.1, -0.05) is 0 Å². The molecule has 0 saturated heterocycles. The third-order valence-corrected chi connectivity index (χ3v) is 1.71. The lowest BCUT2D eigenvalue weighted by molar-refractivity contribution is -0.139.